The van der Waals surface area contributed by atoms with Crippen molar-refractivity contribution in [2.45, 2.75) is 43.7 Å². The van der Waals surface area contributed by atoms with Gasteiger partial charge in [0, 0.05) is 6.61 Å². The Kier molecular flexibility index (Phi) is 3.18. The maximum atomic E-state index is 11.4. The standard InChI is InChI=1S/C13H17N5O2/c14-8-13(3-4-13)18-7-10(16-17-18)6-9-2-1-5-20-11(9)12(15)19/h7,9,11H,1-6H2,(H2,15,19)/t9-,11?/m1/s1. The first kappa shape index (κ1) is 13.1. The van der Waals surface area contributed by atoms with Gasteiger partial charge in [-0.3, -0.25) is 4.79 Å². The molecular weight excluding hydrogens is 258 g/mol. The molecule has 7 nitrogen and oxygen atoms in total. The van der Waals surface area contributed by atoms with Crippen LogP contribution in [0, 0.1) is 17.2 Å². The molecule has 7 heteroatoms. The van der Waals surface area contributed by atoms with Gasteiger partial charge in [-0.2, -0.15) is 5.26 Å². The van der Waals surface area contributed by atoms with E-state index in [0.29, 0.717) is 13.0 Å². The molecule has 1 unspecified atom stereocenters. The van der Waals surface area contributed by atoms with E-state index in [0.717, 1.165) is 31.4 Å². The number of nitrogens with two attached hydrogens (primary N) is 1. The van der Waals surface area contributed by atoms with Gasteiger partial charge in [0.15, 0.2) is 5.54 Å². The molecule has 2 N–H and O–H groups in total. The number of carbonyl (C=O) groups excluding carboxylic acids is 1. The second-order valence-electron chi connectivity index (χ2n) is 5.60. The normalized spacial score (nSPS) is 27.8. The largest absolute Gasteiger partial charge is 0.368 e. The van der Waals surface area contributed by atoms with Crippen molar-refractivity contribution in [3.8, 4) is 6.07 Å². The Morgan fingerprint density at radius 3 is 3.10 bits per heavy atom. The third kappa shape index (κ3) is 2.27. The van der Waals surface area contributed by atoms with Crippen LogP contribution >= 0.6 is 0 Å². The van der Waals surface area contributed by atoms with Crippen LogP contribution in [0.2, 0.25) is 0 Å². The third-order valence-electron chi connectivity index (χ3n) is 4.11. The number of nitrogens with zero attached hydrogens (tertiary/aromatic N) is 4. The molecule has 0 aromatic carbocycles. The summed E-state index contributed by atoms with van der Waals surface area (Å²) >= 11 is 0. The molecule has 1 aromatic rings. The summed E-state index contributed by atoms with van der Waals surface area (Å²) in [7, 11) is 0. The summed E-state index contributed by atoms with van der Waals surface area (Å²) in [5.41, 5.74) is 5.67. The molecular formula is C13H17N5O2. The Labute approximate surface area is 116 Å². The summed E-state index contributed by atoms with van der Waals surface area (Å²) < 4.78 is 7.09. The predicted octanol–water partition coefficient (Wildman–Crippen LogP) is 0.114. The molecule has 2 fully saturated rings. The Morgan fingerprint density at radius 1 is 1.65 bits per heavy atom. The molecule has 1 aromatic heterocycles. The van der Waals surface area contributed by atoms with E-state index < -0.39 is 17.6 Å². The molecule has 20 heavy (non-hydrogen) atoms. The molecule has 1 saturated heterocycles. The van der Waals surface area contributed by atoms with E-state index in [2.05, 4.69) is 16.4 Å². The number of hydrogen-bond donors (Lipinski definition) is 1. The first-order valence-electron chi connectivity index (χ1n) is 6.88. The van der Waals surface area contributed by atoms with Gasteiger partial charge >= 0.3 is 0 Å². The molecule has 1 amide bonds. The van der Waals surface area contributed by atoms with Gasteiger partial charge in [0.1, 0.15) is 6.10 Å². The number of primary amides is 1. The molecule has 106 valence electrons. The summed E-state index contributed by atoms with van der Waals surface area (Å²) in [6.45, 7) is 0.578. The Bertz CT molecular complexity index is 557. The fraction of sp³-hybridized carbons (Fsp3) is 0.692. The lowest BCUT2D eigenvalue weighted by molar-refractivity contribution is -0.136. The molecule has 1 aliphatic carbocycles. The monoisotopic (exact) mass is 275 g/mol. The zero-order valence-electron chi connectivity index (χ0n) is 11.2. The zero-order chi connectivity index (χ0) is 14.2. The van der Waals surface area contributed by atoms with E-state index in [-0.39, 0.29) is 5.92 Å². The van der Waals surface area contributed by atoms with E-state index in [9.17, 15) is 4.79 Å². The van der Waals surface area contributed by atoms with Crippen LogP contribution in [0.1, 0.15) is 31.4 Å². The SMILES string of the molecule is N#CC1(n2cc(C[C@H]3CCCOC3C(N)=O)nn2)CC1. The van der Waals surface area contributed by atoms with Crippen molar-refractivity contribution in [2.24, 2.45) is 11.7 Å². The third-order valence-corrected chi connectivity index (χ3v) is 4.11. The second kappa shape index (κ2) is 4.87. The molecule has 0 spiro atoms. The van der Waals surface area contributed by atoms with Gasteiger partial charge in [0.2, 0.25) is 5.91 Å². The van der Waals surface area contributed by atoms with Gasteiger partial charge in [-0.05, 0) is 38.0 Å². The number of carbonyl (C=O) groups is 1. The van der Waals surface area contributed by atoms with Crippen molar-refractivity contribution in [1.82, 2.24) is 15.0 Å². The highest BCUT2D eigenvalue weighted by molar-refractivity contribution is 5.79. The van der Waals surface area contributed by atoms with Gasteiger partial charge in [0.05, 0.1) is 18.0 Å². The summed E-state index contributed by atoms with van der Waals surface area (Å²) in [6.07, 6.45) is 5.33. The Hall–Kier alpha value is -1.94. The number of rotatable bonds is 4. The quantitative estimate of drug-likeness (QED) is 0.839. The van der Waals surface area contributed by atoms with Crippen molar-refractivity contribution >= 4 is 5.91 Å². The lowest BCUT2D eigenvalue weighted by atomic mass is 9.89. The van der Waals surface area contributed by atoms with E-state index in [1.807, 2.05) is 6.20 Å². The first-order chi connectivity index (χ1) is 9.64. The smallest absolute Gasteiger partial charge is 0.246 e. The molecule has 0 bridgehead atoms. The van der Waals surface area contributed by atoms with Gasteiger partial charge in [0.25, 0.3) is 0 Å². The van der Waals surface area contributed by atoms with Crippen LogP contribution in [0.5, 0.6) is 0 Å². The van der Waals surface area contributed by atoms with Crippen LogP contribution < -0.4 is 5.73 Å². The van der Waals surface area contributed by atoms with Gasteiger partial charge < -0.3 is 10.5 Å². The van der Waals surface area contributed by atoms with E-state index >= 15 is 0 Å². The van der Waals surface area contributed by atoms with E-state index in [1.165, 1.54) is 0 Å². The molecule has 3 rings (SSSR count). The molecule has 1 aliphatic heterocycles. The second-order valence-corrected chi connectivity index (χ2v) is 5.60. The van der Waals surface area contributed by atoms with Crippen molar-refractivity contribution in [3.05, 3.63) is 11.9 Å². The topological polar surface area (TPSA) is 107 Å². The van der Waals surface area contributed by atoms with E-state index in [1.54, 1.807) is 4.68 Å². The number of nitriles is 1. The molecule has 2 heterocycles. The van der Waals surface area contributed by atoms with Crippen molar-refractivity contribution in [1.29, 1.82) is 5.26 Å². The van der Waals surface area contributed by atoms with E-state index in [4.69, 9.17) is 15.7 Å². The Morgan fingerprint density at radius 2 is 2.45 bits per heavy atom. The fourth-order valence-electron chi connectivity index (χ4n) is 2.75. The van der Waals surface area contributed by atoms with Crippen molar-refractivity contribution in [2.75, 3.05) is 6.61 Å². The highest BCUT2D eigenvalue weighted by Crippen LogP contribution is 2.42. The number of hydrogen-bond acceptors (Lipinski definition) is 5. The minimum absolute atomic E-state index is 0.0450. The van der Waals surface area contributed by atoms with Crippen LogP contribution in [-0.2, 0) is 21.5 Å². The molecule has 1 saturated carbocycles. The van der Waals surface area contributed by atoms with Crippen LogP contribution in [0.4, 0.5) is 0 Å². The summed E-state index contributed by atoms with van der Waals surface area (Å²) in [4.78, 5) is 11.4. The lowest BCUT2D eigenvalue weighted by Crippen LogP contribution is -2.41. The van der Waals surface area contributed by atoms with Crippen LogP contribution in [-0.4, -0.2) is 33.6 Å². The minimum Gasteiger partial charge on any atom is -0.368 e. The highest BCUT2D eigenvalue weighted by Gasteiger charge is 2.46. The minimum atomic E-state index is -0.542. The highest BCUT2D eigenvalue weighted by atomic mass is 16.5. The average molecular weight is 275 g/mol. The van der Waals surface area contributed by atoms with Gasteiger partial charge in [-0.25, -0.2) is 4.68 Å². The van der Waals surface area contributed by atoms with Crippen LogP contribution in [0.15, 0.2) is 6.20 Å². The van der Waals surface area contributed by atoms with Crippen molar-refractivity contribution < 1.29 is 9.53 Å². The maximum Gasteiger partial charge on any atom is 0.246 e. The van der Waals surface area contributed by atoms with Gasteiger partial charge in [-0.1, -0.05) is 5.21 Å². The zero-order valence-corrected chi connectivity index (χ0v) is 11.2. The Balaban J connectivity index is 1.71. The average Bonchev–Trinajstić information content (AvgIpc) is 3.12. The molecule has 2 atom stereocenters. The fourth-order valence-corrected chi connectivity index (χ4v) is 2.75. The summed E-state index contributed by atoms with van der Waals surface area (Å²) in [5, 5.41) is 17.3. The predicted molar refractivity (Wildman–Crippen MR) is 68.2 cm³/mol. The van der Waals surface area contributed by atoms with Crippen molar-refractivity contribution in [3.63, 3.8) is 0 Å². The number of amides is 1. The molecule has 0 radical (unpaired) electrons. The van der Waals surface area contributed by atoms with Crippen LogP contribution in [0.3, 0.4) is 0 Å². The lowest BCUT2D eigenvalue weighted by Gasteiger charge is -2.28. The summed E-state index contributed by atoms with van der Waals surface area (Å²) in [6, 6.07) is 2.27. The van der Waals surface area contributed by atoms with Crippen LogP contribution in [0.25, 0.3) is 0 Å². The number of aromatic nitrogens is 3. The molecule has 2 aliphatic rings. The number of ether oxygens (including phenoxy) is 1. The van der Waals surface area contributed by atoms with Gasteiger partial charge in [-0.15, -0.1) is 5.10 Å². The summed E-state index contributed by atoms with van der Waals surface area (Å²) in [5.74, 6) is -0.374. The first-order valence-corrected chi connectivity index (χ1v) is 6.88. The maximum absolute atomic E-state index is 11.4.